The van der Waals surface area contributed by atoms with Crippen LogP contribution in [0.1, 0.15) is 57.4 Å². The molecule has 1 aromatic carbocycles. The number of carboxylic acid groups (broad SMARTS) is 1. The first-order chi connectivity index (χ1) is 20.1. The molecule has 2 fully saturated rings. The molecule has 232 valence electrons. The van der Waals surface area contributed by atoms with Crippen molar-refractivity contribution in [1.82, 2.24) is 4.90 Å². The molecular formula is C28H38N2O12. The standard InChI is InChI=1S/C28H38N2O12/c1-18(31)40-17-19-5-6-22(41-27-16-20(32)15-23(42-27)28(36)37)21(14-19)29-24(33)4-2-3-10-38-12-13-39-11-9-30-25(34)7-8-26(30)35/h5-6,14,20,23,27,32H,2-4,7-13,15-17H2,1H3,(H,29,33)(H,36,37). The van der Waals surface area contributed by atoms with Crippen molar-refractivity contribution in [2.24, 2.45) is 0 Å². The van der Waals surface area contributed by atoms with Crippen molar-refractivity contribution in [2.45, 2.75) is 77.0 Å². The second-order valence-corrected chi connectivity index (χ2v) is 9.92. The largest absolute Gasteiger partial charge is 0.479 e. The SMILES string of the molecule is CC(=O)OCc1ccc(OC2CC(O)CC(C(=O)O)O2)c(NC(=O)CCCCOCCOCCN2C(=O)CCC2=O)c1. The highest BCUT2D eigenvalue weighted by molar-refractivity contribution is 6.01. The number of carbonyl (C=O) groups is 5. The van der Waals surface area contributed by atoms with E-state index in [4.69, 9.17) is 23.7 Å². The van der Waals surface area contributed by atoms with E-state index < -0.39 is 30.4 Å². The van der Waals surface area contributed by atoms with Gasteiger partial charge in [0.25, 0.3) is 0 Å². The molecule has 0 aromatic heterocycles. The maximum Gasteiger partial charge on any atom is 0.333 e. The number of ether oxygens (including phenoxy) is 5. The fraction of sp³-hybridized carbons (Fsp3) is 0.607. The number of benzene rings is 1. The van der Waals surface area contributed by atoms with Crippen LogP contribution in [-0.2, 0) is 49.5 Å². The van der Waals surface area contributed by atoms with Gasteiger partial charge < -0.3 is 39.2 Å². The minimum atomic E-state index is -1.22. The molecule has 3 atom stereocenters. The lowest BCUT2D eigenvalue weighted by Gasteiger charge is -2.31. The highest BCUT2D eigenvalue weighted by Crippen LogP contribution is 2.31. The Kier molecular flexibility index (Phi) is 13.1. The van der Waals surface area contributed by atoms with Gasteiger partial charge in [-0.15, -0.1) is 0 Å². The molecule has 14 heteroatoms. The van der Waals surface area contributed by atoms with Gasteiger partial charge in [0.15, 0.2) is 6.10 Å². The summed E-state index contributed by atoms with van der Waals surface area (Å²) in [6, 6.07) is 4.77. The molecule has 0 radical (unpaired) electrons. The van der Waals surface area contributed by atoms with Crippen LogP contribution in [0.3, 0.4) is 0 Å². The van der Waals surface area contributed by atoms with Crippen LogP contribution in [0.15, 0.2) is 18.2 Å². The summed E-state index contributed by atoms with van der Waals surface area (Å²) in [4.78, 5) is 59.5. The van der Waals surface area contributed by atoms with Crippen molar-refractivity contribution in [3.63, 3.8) is 0 Å². The van der Waals surface area contributed by atoms with E-state index in [9.17, 15) is 34.2 Å². The number of carboxylic acids is 1. The van der Waals surface area contributed by atoms with Gasteiger partial charge in [0, 0.05) is 45.6 Å². The molecule has 3 unspecified atom stereocenters. The Morgan fingerprint density at radius 3 is 2.43 bits per heavy atom. The zero-order chi connectivity index (χ0) is 30.5. The van der Waals surface area contributed by atoms with E-state index in [1.165, 1.54) is 11.8 Å². The number of imide groups is 1. The molecule has 3 amide bonds. The summed E-state index contributed by atoms with van der Waals surface area (Å²) in [6.07, 6.45) is -1.35. The van der Waals surface area contributed by atoms with Crippen LogP contribution in [0.2, 0.25) is 0 Å². The van der Waals surface area contributed by atoms with Gasteiger partial charge in [0.2, 0.25) is 24.0 Å². The van der Waals surface area contributed by atoms with Gasteiger partial charge in [-0.2, -0.15) is 0 Å². The number of amides is 3. The maximum absolute atomic E-state index is 12.7. The molecule has 2 saturated heterocycles. The first-order valence-electron chi connectivity index (χ1n) is 13.9. The number of aliphatic carboxylic acids is 1. The van der Waals surface area contributed by atoms with E-state index in [0.29, 0.717) is 38.2 Å². The topological polar surface area (TPSA) is 187 Å². The summed E-state index contributed by atoms with van der Waals surface area (Å²) < 4.78 is 27.2. The summed E-state index contributed by atoms with van der Waals surface area (Å²) in [5.41, 5.74) is 0.876. The molecule has 2 heterocycles. The first kappa shape index (κ1) is 32.9. The molecule has 0 saturated carbocycles. The second-order valence-electron chi connectivity index (χ2n) is 9.92. The minimum absolute atomic E-state index is 0.0201. The van der Waals surface area contributed by atoms with E-state index in [0.717, 1.165) is 0 Å². The van der Waals surface area contributed by atoms with Crippen LogP contribution < -0.4 is 10.1 Å². The first-order valence-corrected chi connectivity index (χ1v) is 13.9. The maximum atomic E-state index is 12.7. The Hall–Kier alpha value is -3.59. The third-order valence-electron chi connectivity index (χ3n) is 6.49. The monoisotopic (exact) mass is 594 g/mol. The zero-order valence-electron chi connectivity index (χ0n) is 23.6. The Labute approximate surface area is 243 Å². The molecular weight excluding hydrogens is 556 g/mol. The van der Waals surface area contributed by atoms with Crippen molar-refractivity contribution in [3.05, 3.63) is 23.8 Å². The molecule has 2 aliphatic heterocycles. The van der Waals surface area contributed by atoms with Crippen molar-refractivity contribution < 1.29 is 57.9 Å². The third-order valence-corrected chi connectivity index (χ3v) is 6.49. The van der Waals surface area contributed by atoms with Crippen LogP contribution in [0.25, 0.3) is 0 Å². The van der Waals surface area contributed by atoms with E-state index in [1.807, 2.05) is 0 Å². The van der Waals surface area contributed by atoms with Crippen LogP contribution in [0.4, 0.5) is 5.69 Å². The van der Waals surface area contributed by atoms with Crippen LogP contribution in [0.5, 0.6) is 5.75 Å². The van der Waals surface area contributed by atoms with E-state index >= 15 is 0 Å². The van der Waals surface area contributed by atoms with Gasteiger partial charge in [-0.1, -0.05) is 6.07 Å². The van der Waals surface area contributed by atoms with E-state index in [1.54, 1.807) is 18.2 Å². The van der Waals surface area contributed by atoms with Crippen LogP contribution >= 0.6 is 0 Å². The number of aliphatic hydroxyl groups excluding tert-OH is 1. The highest BCUT2D eigenvalue weighted by atomic mass is 16.7. The predicted octanol–water partition coefficient (Wildman–Crippen LogP) is 1.37. The number of esters is 1. The quantitative estimate of drug-likeness (QED) is 0.134. The minimum Gasteiger partial charge on any atom is -0.479 e. The molecule has 14 nitrogen and oxygen atoms in total. The Morgan fingerprint density at radius 1 is 1.02 bits per heavy atom. The molecule has 0 spiro atoms. The number of carbonyl (C=O) groups excluding carboxylic acids is 4. The second kappa shape index (κ2) is 16.8. The average Bonchev–Trinajstić information content (AvgIpc) is 3.26. The number of hydrogen-bond donors (Lipinski definition) is 3. The number of nitrogens with one attached hydrogen (secondary N) is 1. The molecule has 1 aromatic rings. The summed E-state index contributed by atoms with van der Waals surface area (Å²) in [5, 5.41) is 22.1. The van der Waals surface area contributed by atoms with Gasteiger partial charge in [-0.25, -0.2) is 4.79 Å². The van der Waals surface area contributed by atoms with Crippen LogP contribution in [0, 0.1) is 0 Å². The Bertz CT molecular complexity index is 1090. The fourth-order valence-electron chi connectivity index (χ4n) is 4.34. The number of likely N-dealkylation sites (tertiary alicyclic amines) is 1. The molecule has 42 heavy (non-hydrogen) atoms. The lowest BCUT2D eigenvalue weighted by atomic mass is 10.1. The smallest absolute Gasteiger partial charge is 0.333 e. The highest BCUT2D eigenvalue weighted by Gasteiger charge is 2.34. The Balaban J connectivity index is 1.40. The molecule has 3 rings (SSSR count). The Morgan fingerprint density at radius 2 is 1.74 bits per heavy atom. The van der Waals surface area contributed by atoms with Gasteiger partial charge in [-0.05, 0) is 30.5 Å². The van der Waals surface area contributed by atoms with E-state index in [-0.39, 0.29) is 81.0 Å². The number of aliphatic hydroxyl groups is 1. The molecule has 2 aliphatic rings. The molecule has 0 bridgehead atoms. The average molecular weight is 595 g/mol. The summed E-state index contributed by atoms with van der Waals surface area (Å²) in [6.45, 7) is 2.82. The number of unbranched alkanes of at least 4 members (excludes halogenated alkanes) is 1. The number of rotatable bonds is 17. The third kappa shape index (κ3) is 11.0. The van der Waals surface area contributed by atoms with Crippen molar-refractivity contribution in [1.29, 1.82) is 0 Å². The fourth-order valence-corrected chi connectivity index (χ4v) is 4.34. The lowest BCUT2D eigenvalue weighted by molar-refractivity contribution is -0.195. The van der Waals surface area contributed by atoms with Crippen LogP contribution in [-0.4, -0.2) is 96.2 Å². The van der Waals surface area contributed by atoms with E-state index in [2.05, 4.69) is 5.32 Å². The van der Waals surface area contributed by atoms with Crippen molar-refractivity contribution >= 4 is 35.3 Å². The summed E-state index contributed by atoms with van der Waals surface area (Å²) in [5.74, 6) is -2.11. The predicted molar refractivity (Wildman–Crippen MR) is 144 cm³/mol. The summed E-state index contributed by atoms with van der Waals surface area (Å²) in [7, 11) is 0. The van der Waals surface area contributed by atoms with Gasteiger partial charge >= 0.3 is 11.9 Å². The molecule has 0 aliphatic carbocycles. The number of nitrogens with zero attached hydrogens (tertiary/aromatic N) is 1. The van der Waals surface area contributed by atoms with Gasteiger partial charge in [-0.3, -0.25) is 24.1 Å². The normalized spacial score (nSPS) is 20.4. The summed E-state index contributed by atoms with van der Waals surface area (Å²) >= 11 is 0. The molecule has 3 N–H and O–H groups in total. The zero-order valence-corrected chi connectivity index (χ0v) is 23.6. The number of hydrogen-bond acceptors (Lipinski definition) is 11. The van der Waals surface area contributed by atoms with Crippen molar-refractivity contribution in [2.75, 3.05) is 38.3 Å². The van der Waals surface area contributed by atoms with Gasteiger partial charge in [0.05, 0.1) is 38.2 Å². The van der Waals surface area contributed by atoms with Gasteiger partial charge in [0.1, 0.15) is 12.4 Å². The van der Waals surface area contributed by atoms with Crippen molar-refractivity contribution in [3.8, 4) is 5.75 Å². The lowest BCUT2D eigenvalue weighted by Crippen LogP contribution is -2.42. The number of anilines is 1.